The Kier molecular flexibility index (Phi) is 8.54. The summed E-state index contributed by atoms with van der Waals surface area (Å²) in [6, 6.07) is 12.6. The van der Waals surface area contributed by atoms with Crippen LogP contribution in [0.4, 0.5) is 11.4 Å². The van der Waals surface area contributed by atoms with Gasteiger partial charge in [-0.05, 0) is 81.8 Å². The molecule has 0 aliphatic carbocycles. The Hall–Kier alpha value is -3.26. The van der Waals surface area contributed by atoms with Crippen molar-refractivity contribution in [3.8, 4) is 5.75 Å². The van der Waals surface area contributed by atoms with E-state index in [0.717, 1.165) is 60.6 Å². The molecule has 2 N–H and O–H groups in total. The highest BCUT2D eigenvalue weighted by molar-refractivity contribution is 6.35. The van der Waals surface area contributed by atoms with E-state index >= 15 is 0 Å². The molecule has 0 radical (unpaired) electrons. The second-order valence-corrected chi connectivity index (χ2v) is 11.3. The van der Waals surface area contributed by atoms with Crippen LogP contribution in [-0.2, 0) is 0 Å². The number of aryl methyl sites for hydroxylation is 1. The van der Waals surface area contributed by atoms with Crippen LogP contribution in [0.25, 0.3) is 16.6 Å². The fraction of sp³-hybridized carbons (Fsp3) is 0.355. The van der Waals surface area contributed by atoms with Crippen LogP contribution in [0.2, 0.25) is 10.0 Å². The van der Waals surface area contributed by atoms with Crippen molar-refractivity contribution >= 4 is 51.2 Å². The van der Waals surface area contributed by atoms with E-state index in [1.807, 2.05) is 25.1 Å². The number of ether oxygens (including phenoxy) is 1. The average Bonchev–Trinajstić information content (AvgIpc) is 3.35. The number of nitrogens with zero attached hydrogens (tertiary/aromatic N) is 4. The molecule has 7 nitrogen and oxygen atoms in total. The summed E-state index contributed by atoms with van der Waals surface area (Å²) in [6.07, 6.45) is 3.69. The average molecular weight is 580 g/mol. The standard InChI is InChI=1S/C31H36Cl2N6O/c1-6-19(2)30(35-27-9-7-22(15-20(27)3)39-13-11-38(5)12-14-39)31-24-16-23(8-10-28(24)36-37-31)40-21(4)29-25(32)17-34-18-26(29)33/h7-10,15-18,21,35H,6,11-14H2,1-5H3,(H,36,37)/b30-19+. The molecule has 40 heavy (non-hydrogen) atoms. The Morgan fingerprint density at radius 2 is 1.80 bits per heavy atom. The molecule has 1 fully saturated rings. The zero-order valence-corrected chi connectivity index (χ0v) is 25.2. The molecular weight excluding hydrogens is 543 g/mol. The minimum Gasteiger partial charge on any atom is -0.486 e. The molecule has 5 rings (SSSR count). The van der Waals surface area contributed by atoms with E-state index in [1.54, 1.807) is 12.4 Å². The molecule has 4 aromatic rings. The summed E-state index contributed by atoms with van der Waals surface area (Å²) in [5.41, 5.74) is 8.24. The number of pyridine rings is 1. The summed E-state index contributed by atoms with van der Waals surface area (Å²) in [5.74, 6) is 0.702. The highest BCUT2D eigenvalue weighted by atomic mass is 35.5. The van der Waals surface area contributed by atoms with Crippen molar-refractivity contribution in [1.82, 2.24) is 20.1 Å². The summed E-state index contributed by atoms with van der Waals surface area (Å²) < 4.78 is 6.29. The number of fused-ring (bicyclic) bond motifs is 1. The molecule has 9 heteroatoms. The quantitative estimate of drug-likeness (QED) is 0.223. The number of aromatic nitrogens is 3. The number of hydrogen-bond donors (Lipinski definition) is 2. The van der Waals surface area contributed by atoms with Gasteiger partial charge in [-0.15, -0.1) is 0 Å². The van der Waals surface area contributed by atoms with Crippen molar-refractivity contribution in [3.63, 3.8) is 0 Å². The predicted molar refractivity (Wildman–Crippen MR) is 167 cm³/mol. The molecule has 0 spiro atoms. The van der Waals surface area contributed by atoms with E-state index < -0.39 is 0 Å². The number of likely N-dealkylation sites (N-methyl/N-ethyl adjacent to an activating group) is 1. The Labute approximate surface area is 246 Å². The molecular formula is C31H36Cl2N6O. The predicted octanol–water partition coefficient (Wildman–Crippen LogP) is 7.72. The van der Waals surface area contributed by atoms with Crippen LogP contribution in [0.1, 0.15) is 50.1 Å². The molecule has 0 bridgehead atoms. The van der Waals surface area contributed by atoms with E-state index in [9.17, 15) is 0 Å². The molecule has 1 atom stereocenters. The Morgan fingerprint density at radius 3 is 2.48 bits per heavy atom. The lowest BCUT2D eigenvalue weighted by atomic mass is 10.1. The second-order valence-electron chi connectivity index (χ2n) is 10.5. The van der Waals surface area contributed by atoms with Crippen molar-refractivity contribution in [2.75, 3.05) is 43.4 Å². The molecule has 2 aromatic carbocycles. The number of H-pyrrole nitrogens is 1. The highest BCUT2D eigenvalue weighted by Gasteiger charge is 2.20. The molecule has 0 saturated carbocycles. The van der Waals surface area contributed by atoms with Gasteiger partial charge in [-0.3, -0.25) is 10.1 Å². The fourth-order valence-electron chi connectivity index (χ4n) is 5.06. The normalized spacial score (nSPS) is 15.7. The van der Waals surface area contributed by atoms with Gasteiger partial charge in [0.25, 0.3) is 0 Å². The third-order valence-electron chi connectivity index (χ3n) is 7.68. The van der Waals surface area contributed by atoms with E-state index in [-0.39, 0.29) is 6.10 Å². The van der Waals surface area contributed by atoms with Gasteiger partial charge in [-0.25, -0.2) is 0 Å². The maximum Gasteiger partial charge on any atom is 0.124 e. The summed E-state index contributed by atoms with van der Waals surface area (Å²) in [7, 11) is 2.18. The number of allylic oxidation sites excluding steroid dienone is 1. The van der Waals surface area contributed by atoms with Gasteiger partial charge in [-0.1, -0.05) is 30.1 Å². The summed E-state index contributed by atoms with van der Waals surface area (Å²) in [6.45, 7) is 12.7. The van der Waals surface area contributed by atoms with Gasteiger partial charge in [-0.2, -0.15) is 5.10 Å². The number of nitrogens with one attached hydrogen (secondary N) is 2. The third kappa shape index (κ3) is 5.92. The Bertz CT molecular complexity index is 1520. The van der Waals surface area contributed by atoms with Crippen LogP contribution >= 0.6 is 23.2 Å². The molecule has 3 heterocycles. The van der Waals surface area contributed by atoms with Crippen LogP contribution in [0.5, 0.6) is 5.75 Å². The van der Waals surface area contributed by atoms with Crippen molar-refractivity contribution in [1.29, 1.82) is 0 Å². The first kappa shape index (κ1) is 28.3. The lowest BCUT2D eigenvalue weighted by Crippen LogP contribution is -2.44. The van der Waals surface area contributed by atoms with Gasteiger partial charge < -0.3 is 19.9 Å². The molecule has 2 aromatic heterocycles. The van der Waals surface area contributed by atoms with Gasteiger partial charge in [0, 0.05) is 60.9 Å². The smallest absolute Gasteiger partial charge is 0.124 e. The first-order valence-electron chi connectivity index (χ1n) is 13.7. The highest BCUT2D eigenvalue weighted by Crippen LogP contribution is 2.35. The van der Waals surface area contributed by atoms with E-state index in [2.05, 4.69) is 71.2 Å². The lowest BCUT2D eigenvalue weighted by molar-refractivity contribution is 0.227. The van der Waals surface area contributed by atoms with Crippen LogP contribution in [-0.4, -0.2) is 53.3 Å². The van der Waals surface area contributed by atoms with E-state index in [0.29, 0.717) is 21.4 Å². The number of rotatable bonds is 8. The minimum absolute atomic E-state index is 0.359. The summed E-state index contributed by atoms with van der Waals surface area (Å²) >= 11 is 12.7. The lowest BCUT2D eigenvalue weighted by Gasteiger charge is -2.34. The number of anilines is 2. The van der Waals surface area contributed by atoms with Gasteiger partial charge in [0.15, 0.2) is 0 Å². The SMILES string of the molecule is CC/C(C)=C(/Nc1ccc(N2CCN(C)CC2)cc1C)c1n[nH]c2ccc(OC(C)c3c(Cl)cncc3Cl)cc12. The monoisotopic (exact) mass is 578 g/mol. The second kappa shape index (κ2) is 12.1. The first-order chi connectivity index (χ1) is 19.2. The van der Waals surface area contributed by atoms with Crippen molar-refractivity contribution < 1.29 is 4.74 Å². The molecule has 0 amide bonds. The van der Waals surface area contributed by atoms with E-state index in [1.165, 1.54) is 16.8 Å². The molecule has 1 aliphatic heterocycles. The van der Waals surface area contributed by atoms with Crippen LogP contribution in [0.3, 0.4) is 0 Å². The zero-order valence-electron chi connectivity index (χ0n) is 23.7. The van der Waals surface area contributed by atoms with Crippen molar-refractivity contribution in [2.24, 2.45) is 0 Å². The third-order valence-corrected chi connectivity index (χ3v) is 8.28. The summed E-state index contributed by atoms with van der Waals surface area (Å²) in [5, 5.41) is 13.6. The number of halogens is 2. The number of piperazine rings is 1. The molecule has 1 unspecified atom stereocenters. The fourth-order valence-corrected chi connectivity index (χ4v) is 5.73. The van der Waals surface area contributed by atoms with Crippen LogP contribution < -0.4 is 15.0 Å². The molecule has 210 valence electrons. The van der Waals surface area contributed by atoms with Crippen LogP contribution in [0.15, 0.2) is 54.4 Å². The van der Waals surface area contributed by atoms with Crippen molar-refractivity contribution in [3.05, 3.63) is 81.2 Å². The largest absolute Gasteiger partial charge is 0.486 e. The van der Waals surface area contributed by atoms with E-state index in [4.69, 9.17) is 33.0 Å². The first-order valence-corrected chi connectivity index (χ1v) is 14.5. The Morgan fingerprint density at radius 1 is 1.07 bits per heavy atom. The van der Waals surface area contributed by atoms with Gasteiger partial charge >= 0.3 is 0 Å². The number of aromatic amines is 1. The maximum atomic E-state index is 6.37. The zero-order chi connectivity index (χ0) is 28.4. The van der Waals surface area contributed by atoms with Crippen molar-refractivity contribution in [2.45, 2.75) is 40.2 Å². The van der Waals surface area contributed by atoms with Crippen LogP contribution in [0, 0.1) is 6.92 Å². The van der Waals surface area contributed by atoms with Gasteiger partial charge in [0.2, 0.25) is 0 Å². The topological polar surface area (TPSA) is 69.3 Å². The molecule has 1 saturated heterocycles. The van der Waals surface area contributed by atoms with Gasteiger partial charge in [0.05, 0.1) is 21.3 Å². The number of hydrogen-bond acceptors (Lipinski definition) is 6. The minimum atomic E-state index is -0.359. The number of benzene rings is 2. The molecule has 1 aliphatic rings. The summed E-state index contributed by atoms with van der Waals surface area (Å²) in [4.78, 5) is 8.88. The maximum absolute atomic E-state index is 6.37. The van der Waals surface area contributed by atoms with Gasteiger partial charge in [0.1, 0.15) is 17.5 Å². The Balaban J connectivity index is 1.43.